The first kappa shape index (κ1) is 15.6. The predicted molar refractivity (Wildman–Crippen MR) is 103 cm³/mol. The summed E-state index contributed by atoms with van der Waals surface area (Å²) in [6.45, 7) is 0. The summed E-state index contributed by atoms with van der Waals surface area (Å²) in [6.07, 6.45) is 0.757. The highest BCUT2D eigenvalue weighted by atomic mass is 35.5. The van der Waals surface area contributed by atoms with Crippen molar-refractivity contribution in [3.8, 4) is 11.8 Å². The SMILES string of the molecule is Clc1ccc(Cc2c(C#Cc3ccccc3)oc3ccccc23)cc1. The molecule has 4 aromatic rings. The molecule has 4 rings (SSSR count). The molecule has 120 valence electrons. The summed E-state index contributed by atoms with van der Waals surface area (Å²) < 4.78 is 6.02. The third-order valence-corrected chi connectivity index (χ3v) is 4.34. The van der Waals surface area contributed by atoms with Crippen LogP contribution in [-0.2, 0) is 6.42 Å². The lowest BCUT2D eigenvalue weighted by atomic mass is 10.0. The second-order valence-corrected chi connectivity index (χ2v) is 6.26. The number of benzene rings is 3. The van der Waals surface area contributed by atoms with Crippen LogP contribution in [0.3, 0.4) is 0 Å². The lowest BCUT2D eigenvalue weighted by Gasteiger charge is -2.01. The number of rotatable bonds is 2. The van der Waals surface area contributed by atoms with Crippen LogP contribution in [-0.4, -0.2) is 0 Å². The summed E-state index contributed by atoms with van der Waals surface area (Å²) in [5, 5.41) is 1.85. The molecule has 0 N–H and O–H groups in total. The molecular formula is C23H15ClO. The fourth-order valence-corrected chi connectivity index (χ4v) is 2.96. The average molecular weight is 343 g/mol. The Morgan fingerprint density at radius 1 is 0.760 bits per heavy atom. The summed E-state index contributed by atoms with van der Waals surface area (Å²) in [6, 6.07) is 25.9. The van der Waals surface area contributed by atoms with Gasteiger partial charge in [-0.05, 0) is 41.8 Å². The van der Waals surface area contributed by atoms with Crippen molar-refractivity contribution in [3.63, 3.8) is 0 Å². The van der Waals surface area contributed by atoms with Gasteiger partial charge in [-0.3, -0.25) is 0 Å². The van der Waals surface area contributed by atoms with E-state index in [1.54, 1.807) is 0 Å². The van der Waals surface area contributed by atoms with Gasteiger partial charge in [0.25, 0.3) is 0 Å². The van der Waals surface area contributed by atoms with Crippen molar-refractivity contribution in [3.05, 3.63) is 106 Å². The molecule has 0 fully saturated rings. The zero-order valence-corrected chi connectivity index (χ0v) is 14.3. The van der Waals surface area contributed by atoms with E-state index < -0.39 is 0 Å². The Morgan fingerprint density at radius 3 is 2.28 bits per heavy atom. The van der Waals surface area contributed by atoms with Gasteiger partial charge >= 0.3 is 0 Å². The molecule has 1 heterocycles. The zero-order valence-electron chi connectivity index (χ0n) is 13.5. The first-order chi connectivity index (χ1) is 12.3. The van der Waals surface area contributed by atoms with Crippen molar-refractivity contribution in [2.45, 2.75) is 6.42 Å². The minimum Gasteiger partial charge on any atom is -0.447 e. The standard InChI is InChI=1S/C23H15ClO/c24-19-13-10-18(11-14-19)16-21-20-8-4-5-9-22(20)25-23(21)15-12-17-6-2-1-3-7-17/h1-11,13-14H,16H2. The molecule has 1 nitrogen and oxygen atoms in total. The van der Waals surface area contributed by atoms with Gasteiger partial charge in [0.1, 0.15) is 5.58 Å². The monoisotopic (exact) mass is 342 g/mol. The average Bonchev–Trinajstić information content (AvgIpc) is 3.00. The number of hydrogen-bond acceptors (Lipinski definition) is 1. The van der Waals surface area contributed by atoms with Crippen LogP contribution in [0.2, 0.25) is 5.02 Å². The highest BCUT2D eigenvalue weighted by molar-refractivity contribution is 6.30. The van der Waals surface area contributed by atoms with E-state index in [9.17, 15) is 0 Å². The number of fused-ring (bicyclic) bond motifs is 1. The highest BCUT2D eigenvalue weighted by Gasteiger charge is 2.13. The van der Waals surface area contributed by atoms with Gasteiger partial charge in [-0.15, -0.1) is 0 Å². The zero-order chi connectivity index (χ0) is 17.1. The Hall–Kier alpha value is -2.95. The summed E-state index contributed by atoms with van der Waals surface area (Å²) in [7, 11) is 0. The molecule has 2 heteroatoms. The van der Waals surface area contributed by atoms with Crippen LogP contribution in [0, 0.1) is 11.8 Å². The lowest BCUT2D eigenvalue weighted by Crippen LogP contribution is -1.89. The molecular weight excluding hydrogens is 328 g/mol. The Labute approximate surface area is 151 Å². The second-order valence-electron chi connectivity index (χ2n) is 5.83. The number of para-hydroxylation sites is 1. The molecule has 1 aromatic heterocycles. The van der Waals surface area contributed by atoms with E-state index in [1.165, 1.54) is 5.56 Å². The van der Waals surface area contributed by atoms with Gasteiger partial charge in [-0.1, -0.05) is 66.1 Å². The Morgan fingerprint density at radius 2 is 1.48 bits per heavy atom. The second kappa shape index (κ2) is 6.89. The molecule has 0 spiro atoms. The molecule has 0 amide bonds. The largest absolute Gasteiger partial charge is 0.447 e. The number of furan rings is 1. The van der Waals surface area contributed by atoms with E-state index in [1.807, 2.05) is 72.8 Å². The maximum absolute atomic E-state index is 6.02. The third-order valence-electron chi connectivity index (χ3n) is 4.09. The summed E-state index contributed by atoms with van der Waals surface area (Å²) in [5.41, 5.74) is 4.13. The van der Waals surface area contributed by atoms with Crippen molar-refractivity contribution < 1.29 is 4.42 Å². The normalized spacial score (nSPS) is 10.4. The van der Waals surface area contributed by atoms with E-state index in [2.05, 4.69) is 17.9 Å². The van der Waals surface area contributed by atoms with Crippen LogP contribution in [0.5, 0.6) is 0 Å². The van der Waals surface area contributed by atoms with Gasteiger partial charge in [0.2, 0.25) is 0 Å². The first-order valence-electron chi connectivity index (χ1n) is 8.11. The summed E-state index contributed by atoms with van der Waals surface area (Å²) in [4.78, 5) is 0. The van der Waals surface area contributed by atoms with Crippen molar-refractivity contribution in [1.82, 2.24) is 0 Å². The maximum Gasteiger partial charge on any atom is 0.182 e. The maximum atomic E-state index is 6.02. The van der Waals surface area contributed by atoms with Crippen molar-refractivity contribution >= 4 is 22.6 Å². The smallest absolute Gasteiger partial charge is 0.182 e. The van der Waals surface area contributed by atoms with E-state index in [-0.39, 0.29) is 0 Å². The predicted octanol–water partition coefficient (Wildman–Crippen LogP) is 6.08. The quantitative estimate of drug-likeness (QED) is 0.402. The van der Waals surface area contributed by atoms with Gasteiger partial charge in [-0.2, -0.15) is 0 Å². The minimum atomic E-state index is 0.722. The Balaban J connectivity index is 1.78. The number of hydrogen-bond donors (Lipinski definition) is 0. The van der Waals surface area contributed by atoms with Gasteiger partial charge < -0.3 is 4.42 Å². The molecule has 0 saturated heterocycles. The highest BCUT2D eigenvalue weighted by Crippen LogP contribution is 2.28. The molecule has 0 aliphatic rings. The Kier molecular flexibility index (Phi) is 4.29. The van der Waals surface area contributed by atoms with E-state index in [0.717, 1.165) is 39.3 Å². The minimum absolute atomic E-state index is 0.722. The van der Waals surface area contributed by atoms with Gasteiger partial charge in [-0.25, -0.2) is 0 Å². The van der Waals surface area contributed by atoms with Crippen LogP contribution in [0.25, 0.3) is 11.0 Å². The Bertz CT molecular complexity index is 1060. The summed E-state index contributed by atoms with van der Waals surface area (Å²) >= 11 is 6.00. The van der Waals surface area contributed by atoms with E-state index in [0.29, 0.717) is 0 Å². The topological polar surface area (TPSA) is 13.1 Å². The van der Waals surface area contributed by atoms with Gasteiger partial charge in [0, 0.05) is 28.0 Å². The molecule has 0 aliphatic carbocycles. The van der Waals surface area contributed by atoms with Crippen LogP contribution < -0.4 is 0 Å². The van der Waals surface area contributed by atoms with E-state index in [4.69, 9.17) is 16.0 Å². The van der Waals surface area contributed by atoms with Crippen LogP contribution in [0.1, 0.15) is 22.5 Å². The van der Waals surface area contributed by atoms with Crippen molar-refractivity contribution in [2.24, 2.45) is 0 Å². The van der Waals surface area contributed by atoms with Crippen molar-refractivity contribution in [2.75, 3.05) is 0 Å². The van der Waals surface area contributed by atoms with Gasteiger partial charge in [0.15, 0.2) is 5.76 Å². The summed E-state index contributed by atoms with van der Waals surface area (Å²) in [5.74, 6) is 7.12. The molecule has 0 radical (unpaired) electrons. The van der Waals surface area contributed by atoms with Crippen molar-refractivity contribution in [1.29, 1.82) is 0 Å². The molecule has 25 heavy (non-hydrogen) atoms. The molecule has 3 aromatic carbocycles. The molecule has 0 saturated carbocycles. The van der Waals surface area contributed by atoms with E-state index >= 15 is 0 Å². The fraction of sp³-hybridized carbons (Fsp3) is 0.0435. The van der Waals surface area contributed by atoms with Gasteiger partial charge in [0.05, 0.1) is 0 Å². The lowest BCUT2D eigenvalue weighted by molar-refractivity contribution is 0.597. The third kappa shape index (κ3) is 3.45. The molecule has 0 aliphatic heterocycles. The fourth-order valence-electron chi connectivity index (χ4n) is 2.83. The molecule has 0 unspecified atom stereocenters. The van der Waals surface area contributed by atoms with Crippen LogP contribution >= 0.6 is 11.6 Å². The first-order valence-corrected chi connectivity index (χ1v) is 8.49. The molecule has 0 atom stereocenters. The number of halogens is 1. The van der Waals surface area contributed by atoms with Crippen LogP contribution in [0.4, 0.5) is 0 Å². The van der Waals surface area contributed by atoms with Crippen LogP contribution in [0.15, 0.2) is 83.3 Å². The molecule has 0 bridgehead atoms.